The first-order chi connectivity index (χ1) is 8.86. The summed E-state index contributed by atoms with van der Waals surface area (Å²) in [5.74, 6) is -2.05. The molecule has 0 radical (unpaired) electrons. The fourth-order valence-corrected chi connectivity index (χ4v) is 1.95. The molecule has 0 aliphatic carbocycles. The Bertz CT molecular complexity index is 458. The monoisotopic (exact) mass is 409 g/mol. The number of carboxylic acid groups (broad SMARTS) is 1. The van der Waals surface area contributed by atoms with Gasteiger partial charge in [-0.15, -0.1) is 0 Å². The largest absolute Gasteiger partial charge is 0.489 e. The second kappa shape index (κ2) is 7.20. The number of carboxylic acids is 1. The lowest BCUT2D eigenvalue weighted by molar-refractivity contribution is -0.139. The number of hydrogen-bond acceptors (Lipinski definition) is 4. The Kier molecular flexibility index (Phi) is 6.21. The molecule has 1 heterocycles. The summed E-state index contributed by atoms with van der Waals surface area (Å²) in [6, 6.07) is 0.443. The number of pyridine rings is 1. The summed E-state index contributed by atoms with van der Waals surface area (Å²) in [6.45, 7) is 0.243. The second-order valence-corrected chi connectivity index (χ2v) is 4.91. The number of aromatic nitrogens is 1. The Morgan fingerprint density at radius 1 is 1.47 bits per heavy atom. The van der Waals surface area contributed by atoms with Crippen LogP contribution in [-0.4, -0.2) is 29.3 Å². The van der Waals surface area contributed by atoms with Gasteiger partial charge in [0.2, 0.25) is 0 Å². The van der Waals surface area contributed by atoms with E-state index in [0.717, 1.165) is 6.20 Å². The molecule has 5 nitrogen and oxygen atoms in total. The lowest BCUT2D eigenvalue weighted by Gasteiger charge is -2.13. The fraction of sp³-hybridized carbons (Fsp3) is 0.333. The summed E-state index contributed by atoms with van der Waals surface area (Å²) >= 11 is 1.97. The molecule has 0 amide bonds. The van der Waals surface area contributed by atoms with Gasteiger partial charge in [0.25, 0.3) is 0 Å². The Morgan fingerprint density at radius 2 is 2.16 bits per heavy atom. The Morgan fingerprint density at radius 3 is 2.68 bits per heavy atom. The highest BCUT2D eigenvalue weighted by atomic mass is 127. The van der Waals surface area contributed by atoms with Gasteiger partial charge in [0, 0.05) is 0 Å². The molecular formula is C9H8F3INO4P. The number of aromatic carboxylic acids is 1. The molecule has 10 heteroatoms. The maximum absolute atomic E-state index is 12.7. The van der Waals surface area contributed by atoms with E-state index in [1.807, 2.05) is 22.0 Å². The Labute approximate surface area is 120 Å². The molecule has 0 spiro atoms. The van der Waals surface area contributed by atoms with E-state index < -0.39 is 29.2 Å². The summed E-state index contributed by atoms with van der Waals surface area (Å²) in [7, 11) is 0. The van der Waals surface area contributed by atoms with Crippen LogP contribution in [0.2, 0.25) is 0 Å². The number of hydrogen-bond donors (Lipinski definition) is 1. The molecule has 0 aliphatic heterocycles. The number of ether oxygens (including phenoxy) is 1. The summed E-state index contributed by atoms with van der Waals surface area (Å²) in [5, 5.41) is 8.62. The topological polar surface area (TPSA) is 68.7 Å². The fourth-order valence-electron chi connectivity index (χ4n) is 1.13. The third kappa shape index (κ3) is 5.07. The molecule has 1 unspecified atom stereocenters. The van der Waals surface area contributed by atoms with Crippen molar-refractivity contribution in [3.05, 3.63) is 23.5 Å². The molecule has 1 N–H and O–H groups in total. The minimum Gasteiger partial charge on any atom is -0.489 e. The summed E-state index contributed by atoms with van der Waals surface area (Å²) in [4.78, 5) is 14.0. The molecular weight excluding hydrogens is 401 g/mol. The zero-order valence-electron chi connectivity index (χ0n) is 9.20. The van der Waals surface area contributed by atoms with E-state index in [0.29, 0.717) is 6.07 Å². The molecule has 0 aromatic carbocycles. The van der Waals surface area contributed by atoms with Crippen molar-refractivity contribution in [1.82, 2.24) is 4.98 Å². The van der Waals surface area contributed by atoms with Crippen LogP contribution < -0.4 is 4.74 Å². The van der Waals surface area contributed by atoms with Crippen LogP contribution in [0.3, 0.4) is 0 Å². The second-order valence-electron chi connectivity index (χ2n) is 3.14. The normalized spacial score (nSPS) is 12.0. The van der Waals surface area contributed by atoms with Crippen molar-refractivity contribution in [3.8, 4) is 5.75 Å². The van der Waals surface area contributed by atoms with Gasteiger partial charge in [-0.25, -0.2) is 9.78 Å². The Balaban J connectivity index is 2.93. The van der Waals surface area contributed by atoms with Crippen LogP contribution in [0.15, 0.2) is 12.3 Å². The summed E-state index contributed by atoms with van der Waals surface area (Å²) < 4.78 is 48.0. The van der Waals surface area contributed by atoms with Gasteiger partial charge in [-0.05, 0) is 28.1 Å². The lowest BCUT2D eigenvalue weighted by atomic mass is 10.2. The minimum absolute atomic E-state index is 0.0762. The molecule has 0 saturated carbocycles. The number of rotatable bonds is 6. The standard InChI is InChI=1S/C9H8F3INO4P/c10-9(11,12)5-3-6(8(15)16)14-4-7(5)17-1-2-18-19-13/h3-4,19H,1-2H2,(H,15,16). The first-order valence-corrected chi connectivity index (χ1v) is 8.79. The Hall–Kier alpha value is -0.670. The van der Waals surface area contributed by atoms with Gasteiger partial charge in [-0.2, -0.15) is 13.2 Å². The molecule has 1 aromatic rings. The summed E-state index contributed by atoms with van der Waals surface area (Å²) in [6.07, 6.45) is -3.97. The van der Waals surface area contributed by atoms with E-state index in [9.17, 15) is 18.0 Å². The van der Waals surface area contributed by atoms with Gasteiger partial charge in [0.1, 0.15) is 23.6 Å². The van der Waals surface area contributed by atoms with Gasteiger partial charge in [0.15, 0.2) is 0 Å². The highest BCUT2D eigenvalue weighted by molar-refractivity contribution is 14.2. The van der Waals surface area contributed by atoms with Crippen molar-refractivity contribution in [2.24, 2.45) is 0 Å². The van der Waals surface area contributed by atoms with Crippen molar-refractivity contribution in [3.63, 3.8) is 0 Å². The third-order valence-corrected chi connectivity index (χ3v) is 3.14. The smallest absolute Gasteiger partial charge is 0.420 e. The zero-order valence-corrected chi connectivity index (χ0v) is 12.4. The van der Waals surface area contributed by atoms with Crippen LogP contribution in [0.1, 0.15) is 16.1 Å². The SMILES string of the molecule is O=C(O)c1cc(C(F)(F)F)c(OCCOPI)cn1. The van der Waals surface area contributed by atoms with E-state index in [1.165, 1.54) is 0 Å². The van der Waals surface area contributed by atoms with E-state index in [-0.39, 0.29) is 19.7 Å². The van der Waals surface area contributed by atoms with Crippen molar-refractivity contribution in [2.75, 3.05) is 13.2 Å². The van der Waals surface area contributed by atoms with Crippen LogP contribution in [0, 0.1) is 0 Å². The highest BCUT2D eigenvalue weighted by Crippen LogP contribution is 2.36. The molecule has 0 aliphatic rings. The first kappa shape index (κ1) is 16.4. The molecule has 0 saturated heterocycles. The molecule has 0 fully saturated rings. The molecule has 1 atom stereocenters. The van der Waals surface area contributed by atoms with Crippen LogP contribution in [0.4, 0.5) is 13.2 Å². The van der Waals surface area contributed by atoms with E-state index in [2.05, 4.69) is 4.98 Å². The zero-order chi connectivity index (χ0) is 14.5. The molecule has 106 valence electrons. The number of nitrogens with zero attached hydrogens (tertiary/aromatic N) is 1. The van der Waals surface area contributed by atoms with Crippen molar-refractivity contribution in [2.45, 2.75) is 6.18 Å². The average molecular weight is 409 g/mol. The molecule has 0 bridgehead atoms. The first-order valence-electron chi connectivity index (χ1n) is 4.77. The van der Waals surface area contributed by atoms with Crippen LogP contribution in [0.25, 0.3) is 0 Å². The number of halogens is 4. The van der Waals surface area contributed by atoms with Gasteiger partial charge in [-0.1, -0.05) is 0 Å². The predicted molar refractivity (Wildman–Crippen MR) is 70.0 cm³/mol. The van der Waals surface area contributed by atoms with E-state index in [1.54, 1.807) is 0 Å². The van der Waals surface area contributed by atoms with Gasteiger partial charge in [0.05, 0.1) is 19.3 Å². The van der Waals surface area contributed by atoms with Gasteiger partial charge in [-0.3, -0.25) is 0 Å². The van der Waals surface area contributed by atoms with Crippen LogP contribution in [-0.2, 0) is 10.7 Å². The van der Waals surface area contributed by atoms with Crippen molar-refractivity contribution in [1.29, 1.82) is 0 Å². The highest BCUT2D eigenvalue weighted by Gasteiger charge is 2.35. The number of carbonyl (C=O) groups is 1. The third-order valence-electron chi connectivity index (χ3n) is 1.89. The van der Waals surface area contributed by atoms with Gasteiger partial charge >= 0.3 is 12.1 Å². The maximum Gasteiger partial charge on any atom is 0.420 e. The van der Waals surface area contributed by atoms with Gasteiger partial charge < -0.3 is 14.4 Å². The minimum atomic E-state index is -4.71. The quantitative estimate of drug-likeness (QED) is 0.445. The van der Waals surface area contributed by atoms with E-state index in [4.69, 9.17) is 14.4 Å². The molecule has 19 heavy (non-hydrogen) atoms. The lowest BCUT2D eigenvalue weighted by Crippen LogP contribution is -2.13. The predicted octanol–water partition coefficient (Wildman–Crippen LogP) is 3.14. The average Bonchev–Trinajstić information content (AvgIpc) is 2.33. The maximum atomic E-state index is 12.7. The van der Waals surface area contributed by atoms with Crippen LogP contribution >= 0.6 is 28.5 Å². The van der Waals surface area contributed by atoms with Crippen molar-refractivity contribution < 1.29 is 32.3 Å². The van der Waals surface area contributed by atoms with Crippen molar-refractivity contribution >= 4 is 34.5 Å². The van der Waals surface area contributed by atoms with E-state index >= 15 is 0 Å². The summed E-state index contributed by atoms with van der Waals surface area (Å²) in [5.41, 5.74) is -1.86. The molecule has 1 rings (SSSR count). The van der Waals surface area contributed by atoms with Crippen LogP contribution in [0.5, 0.6) is 5.75 Å². The molecule has 1 aromatic heterocycles. The number of alkyl halides is 3.